The Hall–Kier alpha value is -1.24. The fraction of sp³-hybridized carbons (Fsp3) is 0.429. The monoisotopic (exact) mass is 311 g/mol. The van der Waals surface area contributed by atoms with E-state index in [1.165, 1.54) is 23.3 Å². The lowest BCUT2D eigenvalue weighted by Gasteiger charge is -2.15. The van der Waals surface area contributed by atoms with Crippen molar-refractivity contribution in [2.24, 2.45) is 0 Å². The summed E-state index contributed by atoms with van der Waals surface area (Å²) < 4.78 is 5.01. The van der Waals surface area contributed by atoms with Crippen molar-refractivity contribution in [1.82, 2.24) is 4.98 Å². The van der Waals surface area contributed by atoms with Gasteiger partial charge in [0.1, 0.15) is 9.88 Å². The van der Waals surface area contributed by atoms with Crippen LogP contribution in [0.15, 0.2) is 12.1 Å². The van der Waals surface area contributed by atoms with Crippen molar-refractivity contribution in [2.45, 2.75) is 32.8 Å². The third-order valence-corrected chi connectivity index (χ3v) is 5.49. The van der Waals surface area contributed by atoms with E-state index >= 15 is 0 Å². The summed E-state index contributed by atoms with van der Waals surface area (Å²) in [6, 6.07) is 4.09. The van der Waals surface area contributed by atoms with Crippen molar-refractivity contribution in [3.8, 4) is 9.88 Å². The van der Waals surface area contributed by atoms with Crippen LogP contribution in [-0.2, 0) is 16.8 Å². The van der Waals surface area contributed by atoms with Crippen LogP contribution in [0.1, 0.15) is 41.0 Å². The molecule has 0 unspecified atom stereocenters. The molecule has 6 heteroatoms. The first kappa shape index (κ1) is 15.2. The van der Waals surface area contributed by atoms with Crippen molar-refractivity contribution in [2.75, 3.05) is 7.11 Å². The Morgan fingerprint density at radius 3 is 2.55 bits per heavy atom. The van der Waals surface area contributed by atoms with Crippen molar-refractivity contribution in [1.29, 1.82) is 0 Å². The maximum absolute atomic E-state index is 11.2. The van der Waals surface area contributed by atoms with Gasteiger partial charge in [-0.2, -0.15) is 0 Å². The van der Waals surface area contributed by atoms with Crippen LogP contribution in [0.3, 0.4) is 0 Å². The van der Waals surface area contributed by atoms with Crippen molar-refractivity contribution < 1.29 is 14.6 Å². The van der Waals surface area contributed by atoms with E-state index in [0.29, 0.717) is 5.69 Å². The second kappa shape index (κ2) is 5.63. The van der Waals surface area contributed by atoms with Crippen molar-refractivity contribution in [3.63, 3.8) is 0 Å². The molecule has 2 heterocycles. The number of aromatic carboxylic acids is 1. The summed E-state index contributed by atoms with van der Waals surface area (Å²) in [6.45, 7) is 6.69. The fourth-order valence-corrected chi connectivity index (χ4v) is 3.74. The molecule has 0 amide bonds. The molecule has 0 saturated heterocycles. The molecule has 108 valence electrons. The lowest BCUT2D eigenvalue weighted by atomic mass is 9.95. The average Bonchev–Trinajstić information content (AvgIpc) is 2.93. The van der Waals surface area contributed by atoms with Crippen LogP contribution < -0.4 is 0 Å². The van der Waals surface area contributed by atoms with Gasteiger partial charge in [0, 0.05) is 12.0 Å². The third-order valence-electron chi connectivity index (χ3n) is 2.73. The maximum Gasteiger partial charge on any atom is 0.347 e. The van der Waals surface area contributed by atoms with Crippen molar-refractivity contribution >= 4 is 28.6 Å². The molecule has 0 aliphatic rings. The number of carbonyl (C=O) groups is 1. The molecular formula is C14H17NO3S2. The minimum atomic E-state index is -0.951. The molecule has 2 aromatic heterocycles. The Morgan fingerprint density at radius 1 is 1.35 bits per heavy atom. The quantitative estimate of drug-likeness (QED) is 0.926. The Bertz CT molecular complexity index is 623. The normalized spacial score (nSPS) is 11.8. The lowest BCUT2D eigenvalue weighted by molar-refractivity contribution is 0.0697. The fourth-order valence-electron chi connectivity index (χ4n) is 1.71. The molecule has 0 aliphatic carbocycles. The average molecular weight is 311 g/mol. The molecule has 2 rings (SSSR count). The van der Waals surface area contributed by atoms with Crippen LogP contribution in [0, 0.1) is 0 Å². The number of ether oxygens (including phenoxy) is 1. The van der Waals surface area contributed by atoms with E-state index in [0.717, 1.165) is 9.88 Å². The summed E-state index contributed by atoms with van der Waals surface area (Å²) in [5.74, 6) is -0.951. The molecule has 1 N–H and O–H groups in total. The number of rotatable bonds is 4. The Labute approximate surface area is 126 Å². The Morgan fingerprint density at radius 2 is 2.05 bits per heavy atom. The minimum Gasteiger partial charge on any atom is -0.477 e. The predicted molar refractivity (Wildman–Crippen MR) is 81.8 cm³/mol. The summed E-state index contributed by atoms with van der Waals surface area (Å²) >= 11 is 2.86. The van der Waals surface area contributed by atoms with Gasteiger partial charge in [-0.25, -0.2) is 9.78 Å². The molecule has 20 heavy (non-hydrogen) atoms. The zero-order valence-corrected chi connectivity index (χ0v) is 13.5. The highest BCUT2D eigenvalue weighted by Gasteiger charge is 2.21. The van der Waals surface area contributed by atoms with Crippen LogP contribution in [0.5, 0.6) is 0 Å². The first-order valence-electron chi connectivity index (χ1n) is 6.15. The molecule has 4 nitrogen and oxygen atoms in total. The molecule has 0 aromatic carbocycles. The zero-order valence-electron chi connectivity index (χ0n) is 11.9. The standard InChI is InChI=1S/C14H17NO3S2/c1-14(2,3)10-6-5-9(19-10)12-15-8(7-18-4)11(20-12)13(16)17/h5-6H,7H2,1-4H3,(H,16,17). The molecule has 0 spiro atoms. The predicted octanol–water partition coefficient (Wildman–Crippen LogP) is 4.01. The van der Waals surface area contributed by atoms with Gasteiger partial charge in [0.05, 0.1) is 17.2 Å². The van der Waals surface area contributed by atoms with Crippen LogP contribution in [0.25, 0.3) is 9.88 Å². The van der Waals surface area contributed by atoms with E-state index in [1.807, 2.05) is 6.07 Å². The number of carboxylic acids is 1. The maximum atomic E-state index is 11.2. The smallest absolute Gasteiger partial charge is 0.347 e. The van der Waals surface area contributed by atoms with E-state index in [4.69, 9.17) is 4.74 Å². The van der Waals surface area contributed by atoms with E-state index < -0.39 is 5.97 Å². The Balaban J connectivity index is 2.40. The second-order valence-electron chi connectivity index (χ2n) is 5.45. The molecular weight excluding hydrogens is 294 g/mol. The van der Waals surface area contributed by atoms with Gasteiger partial charge >= 0.3 is 5.97 Å². The number of thiophene rings is 1. The lowest BCUT2D eigenvalue weighted by Crippen LogP contribution is -2.07. The van der Waals surface area contributed by atoms with Gasteiger partial charge in [-0.3, -0.25) is 0 Å². The van der Waals surface area contributed by atoms with Gasteiger partial charge in [-0.15, -0.1) is 22.7 Å². The number of carboxylic acid groups (broad SMARTS) is 1. The van der Waals surface area contributed by atoms with E-state index in [-0.39, 0.29) is 16.9 Å². The number of aromatic nitrogens is 1. The van der Waals surface area contributed by atoms with Gasteiger partial charge in [0.2, 0.25) is 0 Å². The van der Waals surface area contributed by atoms with Crippen LogP contribution in [-0.4, -0.2) is 23.2 Å². The minimum absolute atomic E-state index is 0.0885. The molecule has 2 aromatic rings. The molecule has 0 fully saturated rings. The van der Waals surface area contributed by atoms with Crippen LogP contribution >= 0.6 is 22.7 Å². The molecule has 0 atom stereocenters. The van der Waals surface area contributed by atoms with E-state index in [9.17, 15) is 9.90 Å². The molecule has 0 saturated carbocycles. The number of methoxy groups -OCH3 is 1. The number of thiazole rings is 1. The first-order chi connectivity index (χ1) is 9.32. The van der Waals surface area contributed by atoms with Crippen molar-refractivity contribution in [3.05, 3.63) is 27.6 Å². The number of hydrogen-bond acceptors (Lipinski definition) is 5. The third kappa shape index (κ3) is 3.08. The molecule has 0 aliphatic heterocycles. The summed E-state index contributed by atoms with van der Waals surface area (Å²) in [7, 11) is 1.54. The van der Waals surface area contributed by atoms with Gasteiger partial charge in [0.25, 0.3) is 0 Å². The summed E-state index contributed by atoms with van der Waals surface area (Å²) in [5.41, 5.74) is 0.580. The van der Waals surface area contributed by atoms with E-state index in [2.05, 4.69) is 31.8 Å². The van der Waals surface area contributed by atoms with Crippen LogP contribution in [0.4, 0.5) is 0 Å². The second-order valence-corrected chi connectivity index (χ2v) is 7.53. The number of hydrogen-bond donors (Lipinski definition) is 1. The SMILES string of the molecule is COCc1nc(-c2ccc(C(C)(C)C)s2)sc1C(=O)O. The van der Waals surface area contributed by atoms with Crippen LogP contribution in [0.2, 0.25) is 0 Å². The topological polar surface area (TPSA) is 59.4 Å². The van der Waals surface area contributed by atoms with Gasteiger partial charge in [-0.1, -0.05) is 20.8 Å². The summed E-state index contributed by atoms with van der Waals surface area (Å²) in [6.07, 6.45) is 0. The van der Waals surface area contributed by atoms with Gasteiger partial charge < -0.3 is 9.84 Å². The highest BCUT2D eigenvalue weighted by molar-refractivity contribution is 7.22. The molecule has 0 radical (unpaired) electrons. The zero-order chi connectivity index (χ0) is 14.9. The Kier molecular flexibility index (Phi) is 4.27. The largest absolute Gasteiger partial charge is 0.477 e. The van der Waals surface area contributed by atoms with Gasteiger partial charge in [0.15, 0.2) is 0 Å². The van der Waals surface area contributed by atoms with Gasteiger partial charge in [-0.05, 0) is 17.5 Å². The first-order valence-corrected chi connectivity index (χ1v) is 7.79. The highest BCUT2D eigenvalue weighted by atomic mass is 32.1. The highest BCUT2D eigenvalue weighted by Crippen LogP contribution is 2.37. The van der Waals surface area contributed by atoms with E-state index in [1.54, 1.807) is 11.3 Å². The molecule has 0 bridgehead atoms. The summed E-state index contributed by atoms with van der Waals surface area (Å²) in [4.78, 5) is 18.2. The summed E-state index contributed by atoms with van der Waals surface area (Å²) in [5, 5.41) is 9.95. The number of nitrogens with zero attached hydrogens (tertiary/aromatic N) is 1.